The Morgan fingerprint density at radius 2 is 2.05 bits per heavy atom. The number of aromatic nitrogens is 1. The topological polar surface area (TPSA) is 93.3 Å². The van der Waals surface area contributed by atoms with E-state index in [-0.39, 0.29) is 35.5 Å². The summed E-state index contributed by atoms with van der Waals surface area (Å²) in [5, 5.41) is 3.12. The van der Waals surface area contributed by atoms with Crippen LogP contribution in [0.4, 0.5) is 0 Å². The first kappa shape index (κ1) is 18.7. The molecule has 2 rings (SSSR count). The minimum Gasteiger partial charge on any atom is -0.408 e. The van der Waals surface area contributed by atoms with Crippen molar-refractivity contribution in [3.05, 3.63) is 28.7 Å². The summed E-state index contributed by atoms with van der Waals surface area (Å²) < 4.78 is 33.3. The van der Waals surface area contributed by atoms with Gasteiger partial charge in [-0.15, -0.1) is 12.4 Å². The lowest BCUT2D eigenvalue weighted by atomic mass is 10.3. The Hall–Kier alpha value is -1.35. The van der Waals surface area contributed by atoms with Crippen molar-refractivity contribution in [3.63, 3.8) is 0 Å². The van der Waals surface area contributed by atoms with E-state index in [4.69, 9.17) is 4.42 Å². The van der Waals surface area contributed by atoms with Gasteiger partial charge in [-0.2, -0.15) is 0 Å². The van der Waals surface area contributed by atoms with E-state index in [0.29, 0.717) is 5.52 Å². The molecule has 0 saturated carbocycles. The molecule has 22 heavy (non-hydrogen) atoms. The molecule has 1 heterocycles. The second kappa shape index (κ2) is 7.28. The van der Waals surface area contributed by atoms with Crippen LogP contribution in [0.3, 0.4) is 0 Å². The molecule has 2 aromatic rings. The summed E-state index contributed by atoms with van der Waals surface area (Å²) in [6.45, 7) is 4.90. The normalized spacial score (nSPS) is 13.0. The Labute approximate surface area is 135 Å². The second-order valence-corrected chi connectivity index (χ2v) is 6.63. The van der Waals surface area contributed by atoms with Gasteiger partial charge < -0.3 is 9.73 Å². The summed E-state index contributed by atoms with van der Waals surface area (Å²) in [5.41, 5.74) is 0.810. The standard InChI is InChI=1S/C13H19N3O4S.ClH/c1-4-14-9(2)8-15-21(18,19)10-5-6-11-12(7-10)20-13(17)16(11)3;/h5-7,9,14-15H,4,8H2,1-3H3;1H/t9-;/m1./s1. The van der Waals surface area contributed by atoms with E-state index in [9.17, 15) is 13.2 Å². The zero-order chi connectivity index (χ0) is 15.6. The number of halogens is 1. The molecule has 0 aliphatic heterocycles. The van der Waals surface area contributed by atoms with Crippen molar-refractivity contribution in [2.45, 2.75) is 24.8 Å². The van der Waals surface area contributed by atoms with Gasteiger partial charge in [0.25, 0.3) is 0 Å². The van der Waals surface area contributed by atoms with Crippen LogP contribution in [0.15, 0.2) is 32.3 Å². The summed E-state index contributed by atoms with van der Waals surface area (Å²) in [5.74, 6) is -0.520. The fourth-order valence-corrected chi connectivity index (χ4v) is 3.17. The van der Waals surface area contributed by atoms with Crippen molar-refractivity contribution in [2.24, 2.45) is 7.05 Å². The molecule has 0 aliphatic carbocycles. The van der Waals surface area contributed by atoms with Crippen LogP contribution in [0.25, 0.3) is 11.1 Å². The maximum atomic E-state index is 12.2. The molecule has 1 atom stereocenters. The number of hydrogen-bond donors (Lipinski definition) is 2. The first-order valence-electron chi connectivity index (χ1n) is 6.67. The number of nitrogens with zero attached hydrogens (tertiary/aromatic N) is 1. The Morgan fingerprint density at radius 3 is 2.68 bits per heavy atom. The lowest BCUT2D eigenvalue weighted by Crippen LogP contribution is -2.38. The number of benzene rings is 1. The number of likely N-dealkylation sites (N-methyl/N-ethyl adjacent to an activating group) is 1. The van der Waals surface area contributed by atoms with Gasteiger partial charge in [0, 0.05) is 25.7 Å². The van der Waals surface area contributed by atoms with E-state index < -0.39 is 15.8 Å². The SMILES string of the molecule is CCN[C@H](C)CNS(=O)(=O)c1ccc2c(c1)oc(=O)n2C.Cl. The lowest BCUT2D eigenvalue weighted by molar-refractivity contribution is 0.526. The van der Waals surface area contributed by atoms with Gasteiger partial charge in [-0.25, -0.2) is 17.9 Å². The van der Waals surface area contributed by atoms with Crippen LogP contribution in [-0.2, 0) is 17.1 Å². The predicted octanol–water partition coefficient (Wildman–Crippen LogP) is 0.830. The van der Waals surface area contributed by atoms with Gasteiger partial charge in [0.1, 0.15) is 0 Å². The van der Waals surface area contributed by atoms with Gasteiger partial charge in [0.2, 0.25) is 10.0 Å². The molecular weight excluding hydrogens is 330 g/mol. The number of nitrogens with one attached hydrogen (secondary N) is 2. The van der Waals surface area contributed by atoms with Crippen molar-refractivity contribution in [2.75, 3.05) is 13.1 Å². The van der Waals surface area contributed by atoms with E-state index in [1.165, 1.54) is 16.7 Å². The molecule has 0 bridgehead atoms. The summed E-state index contributed by atoms with van der Waals surface area (Å²) in [6.07, 6.45) is 0. The highest BCUT2D eigenvalue weighted by atomic mass is 35.5. The Morgan fingerprint density at radius 1 is 1.36 bits per heavy atom. The molecule has 124 valence electrons. The Bertz CT molecular complexity index is 797. The van der Waals surface area contributed by atoms with Crippen LogP contribution in [0.5, 0.6) is 0 Å². The summed E-state index contributed by atoms with van der Waals surface area (Å²) in [4.78, 5) is 11.5. The van der Waals surface area contributed by atoms with Crippen LogP contribution in [0.1, 0.15) is 13.8 Å². The quantitative estimate of drug-likeness (QED) is 0.805. The number of sulfonamides is 1. The molecule has 1 aromatic heterocycles. The number of fused-ring (bicyclic) bond motifs is 1. The number of oxazole rings is 1. The van der Waals surface area contributed by atoms with Crippen LogP contribution < -0.4 is 15.8 Å². The van der Waals surface area contributed by atoms with E-state index in [1.807, 2.05) is 13.8 Å². The van der Waals surface area contributed by atoms with E-state index in [2.05, 4.69) is 10.0 Å². The summed E-state index contributed by atoms with van der Waals surface area (Å²) >= 11 is 0. The van der Waals surface area contributed by atoms with Gasteiger partial charge in [0.15, 0.2) is 5.58 Å². The molecule has 0 radical (unpaired) electrons. The molecule has 9 heteroatoms. The van der Waals surface area contributed by atoms with Crippen molar-refractivity contribution < 1.29 is 12.8 Å². The third-order valence-corrected chi connectivity index (χ3v) is 4.63. The zero-order valence-electron chi connectivity index (χ0n) is 12.6. The maximum absolute atomic E-state index is 12.2. The summed E-state index contributed by atoms with van der Waals surface area (Å²) in [7, 11) is -2.06. The van der Waals surface area contributed by atoms with Crippen LogP contribution in [0, 0.1) is 0 Å². The van der Waals surface area contributed by atoms with Crippen LogP contribution >= 0.6 is 12.4 Å². The monoisotopic (exact) mass is 349 g/mol. The smallest absolute Gasteiger partial charge is 0.408 e. The molecule has 0 unspecified atom stereocenters. The van der Waals surface area contributed by atoms with Gasteiger partial charge in [-0.05, 0) is 25.6 Å². The van der Waals surface area contributed by atoms with Gasteiger partial charge in [-0.1, -0.05) is 6.92 Å². The first-order valence-corrected chi connectivity index (χ1v) is 8.16. The fraction of sp³-hybridized carbons (Fsp3) is 0.462. The molecule has 2 N–H and O–H groups in total. The van der Waals surface area contributed by atoms with Crippen molar-refractivity contribution in [1.82, 2.24) is 14.6 Å². The highest BCUT2D eigenvalue weighted by Crippen LogP contribution is 2.17. The second-order valence-electron chi connectivity index (χ2n) is 4.87. The van der Waals surface area contributed by atoms with Crippen molar-refractivity contribution in [3.8, 4) is 0 Å². The molecule has 0 saturated heterocycles. The molecule has 0 aliphatic rings. The largest absolute Gasteiger partial charge is 0.419 e. The Balaban J connectivity index is 0.00000242. The first-order chi connectivity index (χ1) is 9.85. The molecule has 0 amide bonds. The van der Waals surface area contributed by atoms with E-state index in [0.717, 1.165) is 6.54 Å². The minimum absolute atomic E-state index is 0. The average Bonchev–Trinajstić information content (AvgIpc) is 2.72. The van der Waals surface area contributed by atoms with Gasteiger partial charge in [-0.3, -0.25) is 4.57 Å². The van der Waals surface area contributed by atoms with Crippen molar-refractivity contribution >= 4 is 33.5 Å². The molecule has 0 spiro atoms. The number of rotatable bonds is 6. The highest BCUT2D eigenvalue weighted by Gasteiger charge is 2.17. The number of hydrogen-bond acceptors (Lipinski definition) is 5. The number of aryl methyl sites for hydroxylation is 1. The molecule has 7 nitrogen and oxygen atoms in total. The lowest BCUT2D eigenvalue weighted by Gasteiger charge is -2.13. The fourth-order valence-electron chi connectivity index (χ4n) is 2.02. The molecular formula is C13H20ClN3O4S. The highest BCUT2D eigenvalue weighted by molar-refractivity contribution is 7.89. The van der Waals surface area contributed by atoms with Crippen LogP contribution in [-0.4, -0.2) is 32.1 Å². The third-order valence-electron chi connectivity index (χ3n) is 3.21. The van der Waals surface area contributed by atoms with E-state index >= 15 is 0 Å². The van der Waals surface area contributed by atoms with Gasteiger partial charge >= 0.3 is 5.76 Å². The predicted molar refractivity (Wildman–Crippen MR) is 87.0 cm³/mol. The van der Waals surface area contributed by atoms with Crippen LogP contribution in [0.2, 0.25) is 0 Å². The van der Waals surface area contributed by atoms with Crippen molar-refractivity contribution in [1.29, 1.82) is 0 Å². The third kappa shape index (κ3) is 3.89. The average molecular weight is 350 g/mol. The molecule has 0 fully saturated rings. The van der Waals surface area contributed by atoms with E-state index in [1.54, 1.807) is 13.1 Å². The maximum Gasteiger partial charge on any atom is 0.419 e. The Kier molecular flexibility index (Phi) is 6.18. The minimum atomic E-state index is -3.63. The summed E-state index contributed by atoms with van der Waals surface area (Å²) in [6, 6.07) is 4.40. The molecule has 1 aromatic carbocycles. The van der Waals surface area contributed by atoms with Gasteiger partial charge in [0.05, 0.1) is 10.4 Å². The zero-order valence-corrected chi connectivity index (χ0v) is 14.3.